The summed E-state index contributed by atoms with van der Waals surface area (Å²) < 4.78 is 1.20. The predicted octanol–water partition coefficient (Wildman–Crippen LogP) is 6.24. The number of unbranched alkanes of at least 4 members (excludes halogenated alkanes) is 14. The molecule has 0 saturated carbocycles. The van der Waals surface area contributed by atoms with E-state index in [9.17, 15) is 0 Å². The van der Waals surface area contributed by atoms with Gasteiger partial charge in [0.15, 0.2) is 0 Å². The molecule has 180 valence electrons. The Kier molecular flexibility index (Phi) is 23.3. The van der Waals surface area contributed by atoms with Gasteiger partial charge in [0, 0.05) is 0 Å². The maximum atomic E-state index is 4.27. The van der Waals surface area contributed by atoms with Crippen LogP contribution in [-0.2, 0) is 0 Å². The highest BCUT2D eigenvalue weighted by Gasteiger charge is 2.26. The van der Waals surface area contributed by atoms with E-state index in [2.05, 4.69) is 40.9 Å². The molecule has 0 aromatic heterocycles. The maximum Gasteiger partial charge on any atom is 0.100 e. The van der Waals surface area contributed by atoms with E-state index in [4.69, 9.17) is 0 Å². The van der Waals surface area contributed by atoms with Gasteiger partial charge in [0.05, 0.1) is 13.1 Å². The zero-order chi connectivity index (χ0) is 21.8. The van der Waals surface area contributed by atoms with Crippen LogP contribution in [-0.4, -0.2) is 30.7 Å². The second-order valence-electron chi connectivity index (χ2n) is 9.97. The van der Waals surface area contributed by atoms with Gasteiger partial charge in [0.25, 0.3) is 0 Å². The molecule has 0 aliphatic rings. The van der Waals surface area contributed by atoms with Crippen LogP contribution in [0.5, 0.6) is 0 Å². The topological polar surface area (TPSA) is 0 Å². The van der Waals surface area contributed by atoms with E-state index in [-0.39, 0.29) is 12.4 Å². The van der Waals surface area contributed by atoms with Crippen LogP contribution >= 0.6 is 0 Å². The summed E-state index contributed by atoms with van der Waals surface area (Å²) >= 11 is 0. The first kappa shape index (κ1) is 31.9. The molecule has 2 heteroatoms. The summed E-state index contributed by atoms with van der Waals surface area (Å²) in [5.74, 6) is 0. The van der Waals surface area contributed by atoms with Crippen LogP contribution in [0.2, 0.25) is 0 Å². The van der Waals surface area contributed by atoms with Gasteiger partial charge in [0.1, 0.15) is 13.1 Å². The molecule has 0 aromatic rings. The first-order valence-electron chi connectivity index (χ1n) is 13.1. The van der Waals surface area contributed by atoms with Gasteiger partial charge >= 0.3 is 0 Å². The Morgan fingerprint density at radius 2 is 0.767 bits per heavy atom. The minimum Gasteiger partial charge on any atom is -1.00 e. The monoisotopic (exact) mass is 441 g/mol. The van der Waals surface area contributed by atoms with Crippen molar-refractivity contribution in [1.29, 1.82) is 0 Å². The standard InChI is InChI=1S/C28H56N.ClH/c1-7-9-11-13-15-17-19-21-23-29(25-27(3)4,26-28(5)6)24-22-20-18-16-14-12-10-8-2;/h3,5,7-26H2,1-2,4,6H3;1H/q+1;/p-1. The average Bonchev–Trinajstić information content (AvgIpc) is 2.65. The second kappa shape index (κ2) is 21.9. The number of hydrogen-bond donors (Lipinski definition) is 0. The molecule has 0 saturated heterocycles. The largest absolute Gasteiger partial charge is 1.00 e. The summed E-state index contributed by atoms with van der Waals surface area (Å²) in [6.45, 7) is 22.5. The molecule has 0 fully saturated rings. The Bertz CT molecular complexity index is 363. The summed E-state index contributed by atoms with van der Waals surface area (Å²) in [5, 5.41) is 0. The molecule has 0 aromatic carbocycles. The lowest BCUT2D eigenvalue weighted by molar-refractivity contribution is -0.920. The van der Waals surface area contributed by atoms with E-state index in [0.29, 0.717) is 0 Å². The molecule has 0 unspecified atom stereocenters. The molecule has 0 spiro atoms. The Morgan fingerprint density at radius 1 is 0.500 bits per heavy atom. The van der Waals surface area contributed by atoms with Crippen molar-refractivity contribution in [2.45, 2.75) is 130 Å². The van der Waals surface area contributed by atoms with E-state index in [1.807, 2.05) is 0 Å². The zero-order valence-corrected chi connectivity index (χ0v) is 22.1. The molecular weight excluding hydrogens is 386 g/mol. The second-order valence-corrected chi connectivity index (χ2v) is 9.97. The van der Waals surface area contributed by atoms with Gasteiger partial charge in [-0.2, -0.15) is 0 Å². The van der Waals surface area contributed by atoms with Gasteiger partial charge in [-0.25, -0.2) is 0 Å². The Labute approximate surface area is 197 Å². The average molecular weight is 442 g/mol. The SMILES string of the molecule is C=C(C)C[N+](CCCCCCCCCC)(CCCCCCCCCC)CC(=C)C.[Cl-]. The minimum atomic E-state index is 0. The van der Waals surface area contributed by atoms with Crippen LogP contribution in [0.4, 0.5) is 0 Å². The Morgan fingerprint density at radius 3 is 1.03 bits per heavy atom. The number of rotatable bonds is 22. The highest BCUT2D eigenvalue weighted by molar-refractivity contribution is 4.92. The Hall–Kier alpha value is -0.270. The third kappa shape index (κ3) is 19.7. The molecule has 0 aliphatic heterocycles. The van der Waals surface area contributed by atoms with Crippen molar-refractivity contribution in [2.75, 3.05) is 26.2 Å². The number of nitrogens with zero attached hydrogens (tertiary/aromatic N) is 1. The van der Waals surface area contributed by atoms with E-state index in [1.165, 1.54) is 131 Å². The molecule has 0 heterocycles. The van der Waals surface area contributed by atoms with Crippen LogP contribution < -0.4 is 12.4 Å². The minimum absolute atomic E-state index is 0. The van der Waals surface area contributed by atoms with Crippen LogP contribution in [0.25, 0.3) is 0 Å². The summed E-state index contributed by atoms with van der Waals surface area (Å²) in [5.41, 5.74) is 2.68. The first-order chi connectivity index (χ1) is 14.0. The summed E-state index contributed by atoms with van der Waals surface area (Å²) in [6.07, 6.45) is 22.5. The third-order valence-corrected chi connectivity index (χ3v) is 6.18. The van der Waals surface area contributed by atoms with Crippen molar-refractivity contribution in [2.24, 2.45) is 0 Å². The van der Waals surface area contributed by atoms with Gasteiger partial charge < -0.3 is 16.9 Å². The zero-order valence-electron chi connectivity index (χ0n) is 21.4. The number of quaternary nitrogens is 1. The highest BCUT2D eigenvalue weighted by Crippen LogP contribution is 2.20. The molecular formula is C28H56ClN. The lowest BCUT2D eigenvalue weighted by Crippen LogP contribution is -3.00. The molecule has 0 rings (SSSR count). The molecule has 1 nitrogen and oxygen atoms in total. The first-order valence-corrected chi connectivity index (χ1v) is 13.1. The van der Waals surface area contributed by atoms with Crippen LogP contribution in [0, 0.1) is 0 Å². The van der Waals surface area contributed by atoms with Gasteiger partial charge in [-0.1, -0.05) is 104 Å². The fraction of sp³-hybridized carbons (Fsp3) is 0.857. The maximum absolute atomic E-state index is 4.27. The quantitative estimate of drug-likeness (QED) is 0.106. The fourth-order valence-electron chi connectivity index (χ4n) is 4.79. The summed E-state index contributed by atoms with van der Waals surface area (Å²) in [7, 11) is 0. The fourth-order valence-corrected chi connectivity index (χ4v) is 4.79. The van der Waals surface area contributed by atoms with Crippen molar-refractivity contribution in [3.8, 4) is 0 Å². The number of hydrogen-bond acceptors (Lipinski definition) is 0. The third-order valence-electron chi connectivity index (χ3n) is 6.18. The normalized spacial score (nSPS) is 11.3. The van der Waals surface area contributed by atoms with Gasteiger partial charge in [-0.05, 0) is 50.7 Å². The van der Waals surface area contributed by atoms with Crippen LogP contribution in [0.15, 0.2) is 24.3 Å². The van der Waals surface area contributed by atoms with E-state index in [1.54, 1.807) is 0 Å². The van der Waals surface area contributed by atoms with Gasteiger partial charge in [-0.3, -0.25) is 0 Å². The molecule has 0 radical (unpaired) electrons. The van der Waals surface area contributed by atoms with Gasteiger partial charge in [-0.15, -0.1) is 0 Å². The predicted molar refractivity (Wildman–Crippen MR) is 135 cm³/mol. The highest BCUT2D eigenvalue weighted by atomic mass is 35.5. The molecule has 30 heavy (non-hydrogen) atoms. The van der Waals surface area contributed by atoms with E-state index >= 15 is 0 Å². The lowest BCUT2D eigenvalue weighted by atomic mass is 10.0. The van der Waals surface area contributed by atoms with Crippen LogP contribution in [0.1, 0.15) is 130 Å². The summed E-state index contributed by atoms with van der Waals surface area (Å²) in [4.78, 5) is 0. The molecule has 0 bridgehead atoms. The lowest BCUT2D eigenvalue weighted by Gasteiger charge is -2.39. The molecule has 0 N–H and O–H groups in total. The summed E-state index contributed by atoms with van der Waals surface area (Å²) in [6, 6.07) is 0. The van der Waals surface area contributed by atoms with Gasteiger partial charge in [0.2, 0.25) is 0 Å². The van der Waals surface area contributed by atoms with E-state index < -0.39 is 0 Å². The Balaban J connectivity index is 0. The van der Waals surface area contributed by atoms with E-state index in [0.717, 1.165) is 13.1 Å². The smallest absolute Gasteiger partial charge is 0.100 e. The van der Waals surface area contributed by atoms with Crippen LogP contribution in [0.3, 0.4) is 0 Å². The van der Waals surface area contributed by atoms with Crippen molar-refractivity contribution >= 4 is 0 Å². The van der Waals surface area contributed by atoms with Crippen molar-refractivity contribution in [1.82, 2.24) is 0 Å². The van der Waals surface area contributed by atoms with Crippen molar-refractivity contribution in [3.05, 3.63) is 24.3 Å². The van der Waals surface area contributed by atoms with Crippen molar-refractivity contribution in [3.63, 3.8) is 0 Å². The number of halogens is 1. The molecule has 0 aliphatic carbocycles. The molecule has 0 amide bonds. The molecule has 0 atom stereocenters. The van der Waals surface area contributed by atoms with Crippen molar-refractivity contribution < 1.29 is 16.9 Å².